The van der Waals surface area contributed by atoms with Gasteiger partial charge in [0.2, 0.25) is 5.95 Å². The van der Waals surface area contributed by atoms with E-state index in [1.807, 2.05) is 31.0 Å². The number of amides is 1. The maximum absolute atomic E-state index is 13.1. The molecule has 3 aliphatic rings. The van der Waals surface area contributed by atoms with Gasteiger partial charge in [0, 0.05) is 64.5 Å². The lowest BCUT2D eigenvalue weighted by molar-refractivity contribution is 0.0750. The summed E-state index contributed by atoms with van der Waals surface area (Å²) in [6, 6.07) is 2.71. The number of aromatic nitrogens is 4. The number of hydrogen-bond donors (Lipinski definition) is 0. The summed E-state index contributed by atoms with van der Waals surface area (Å²) in [6.45, 7) is 10.3. The Morgan fingerprint density at radius 2 is 1.87 bits per heavy atom. The summed E-state index contributed by atoms with van der Waals surface area (Å²) in [7, 11) is 0. The first-order valence-electron chi connectivity index (χ1n) is 11.8. The van der Waals surface area contributed by atoms with Gasteiger partial charge in [0.15, 0.2) is 0 Å². The van der Waals surface area contributed by atoms with Crippen LogP contribution in [-0.2, 0) is 19.4 Å². The fourth-order valence-electron chi connectivity index (χ4n) is 4.98. The summed E-state index contributed by atoms with van der Waals surface area (Å²) >= 11 is 0. The number of fused-ring (bicyclic) bond motifs is 1. The van der Waals surface area contributed by atoms with Gasteiger partial charge < -0.3 is 9.80 Å². The third kappa shape index (κ3) is 4.05. The zero-order chi connectivity index (χ0) is 21.4. The van der Waals surface area contributed by atoms with Crippen molar-refractivity contribution >= 4 is 11.9 Å². The summed E-state index contributed by atoms with van der Waals surface area (Å²) < 4.78 is 1.80. The third-order valence-corrected chi connectivity index (χ3v) is 7.11. The molecule has 8 heteroatoms. The van der Waals surface area contributed by atoms with Crippen LogP contribution in [0, 0.1) is 6.92 Å². The Balaban J connectivity index is 1.25. The van der Waals surface area contributed by atoms with Gasteiger partial charge >= 0.3 is 0 Å². The molecule has 31 heavy (non-hydrogen) atoms. The van der Waals surface area contributed by atoms with E-state index in [1.165, 1.54) is 24.8 Å². The summed E-state index contributed by atoms with van der Waals surface area (Å²) in [5.41, 5.74) is 3.84. The molecular weight excluding hydrogens is 390 g/mol. The van der Waals surface area contributed by atoms with Crippen LogP contribution < -0.4 is 4.90 Å². The van der Waals surface area contributed by atoms with Gasteiger partial charge in [-0.2, -0.15) is 5.10 Å². The average Bonchev–Trinajstić information content (AvgIpc) is 3.00. The molecule has 0 N–H and O–H groups in total. The van der Waals surface area contributed by atoms with Crippen molar-refractivity contribution in [1.82, 2.24) is 29.5 Å². The lowest BCUT2D eigenvalue weighted by atomic mass is 9.91. The maximum atomic E-state index is 13.1. The van der Waals surface area contributed by atoms with Crippen LogP contribution in [0.15, 0.2) is 12.3 Å². The standard InChI is InChI=1S/C23H33N7O/c1-3-30-21(15-17(2)26-30)22(31)28-9-7-18-16-24-23(25-20(18)8-10-28)29-13-11-27(12-14-29)19-5-4-6-19/h15-16,19H,3-14H2,1-2H3. The Morgan fingerprint density at radius 3 is 2.58 bits per heavy atom. The van der Waals surface area contributed by atoms with E-state index in [9.17, 15) is 4.79 Å². The molecule has 0 spiro atoms. The second-order valence-corrected chi connectivity index (χ2v) is 9.03. The molecule has 0 atom stereocenters. The summed E-state index contributed by atoms with van der Waals surface area (Å²) in [6.07, 6.45) is 7.68. The second kappa shape index (κ2) is 8.57. The molecule has 5 rings (SSSR count). The predicted octanol–water partition coefficient (Wildman–Crippen LogP) is 1.92. The minimum atomic E-state index is 0.0653. The lowest BCUT2D eigenvalue weighted by Gasteiger charge is -2.43. The fraction of sp³-hybridized carbons (Fsp3) is 0.652. The number of nitrogens with zero attached hydrogens (tertiary/aromatic N) is 7. The summed E-state index contributed by atoms with van der Waals surface area (Å²) in [5, 5.41) is 4.43. The van der Waals surface area contributed by atoms with Gasteiger partial charge in [-0.05, 0) is 44.7 Å². The molecule has 0 unspecified atom stereocenters. The van der Waals surface area contributed by atoms with Crippen LogP contribution in [-0.4, -0.2) is 80.8 Å². The molecule has 2 fully saturated rings. The number of piperazine rings is 1. The molecule has 0 bridgehead atoms. The Hall–Kier alpha value is -2.48. The van der Waals surface area contributed by atoms with Gasteiger partial charge in [-0.3, -0.25) is 14.4 Å². The number of carbonyl (C=O) groups is 1. The van der Waals surface area contributed by atoms with Crippen molar-refractivity contribution in [2.45, 2.75) is 58.5 Å². The number of carbonyl (C=O) groups excluding carboxylic acids is 1. The highest BCUT2D eigenvalue weighted by molar-refractivity contribution is 5.92. The van der Waals surface area contributed by atoms with Crippen LogP contribution in [0.3, 0.4) is 0 Å². The number of rotatable bonds is 4. The van der Waals surface area contributed by atoms with Crippen LogP contribution in [0.25, 0.3) is 0 Å². The molecular formula is C23H33N7O. The smallest absolute Gasteiger partial charge is 0.272 e. The van der Waals surface area contributed by atoms with Gasteiger partial charge in [0.25, 0.3) is 5.91 Å². The van der Waals surface area contributed by atoms with Crippen molar-refractivity contribution in [3.05, 3.63) is 34.9 Å². The monoisotopic (exact) mass is 423 g/mol. The van der Waals surface area contributed by atoms with Crippen LogP contribution >= 0.6 is 0 Å². The van der Waals surface area contributed by atoms with Gasteiger partial charge in [0.05, 0.1) is 11.4 Å². The van der Waals surface area contributed by atoms with E-state index in [-0.39, 0.29) is 5.91 Å². The maximum Gasteiger partial charge on any atom is 0.272 e. The molecule has 1 saturated heterocycles. The Kier molecular flexibility index (Phi) is 5.65. The molecule has 2 aromatic heterocycles. The van der Waals surface area contributed by atoms with E-state index in [0.717, 1.165) is 62.4 Å². The van der Waals surface area contributed by atoms with E-state index in [4.69, 9.17) is 9.97 Å². The van der Waals surface area contributed by atoms with Crippen molar-refractivity contribution in [2.24, 2.45) is 0 Å². The Bertz CT molecular complexity index is 943. The highest BCUT2D eigenvalue weighted by Gasteiger charge is 2.29. The molecule has 0 radical (unpaired) electrons. The molecule has 2 aromatic rings. The first-order valence-corrected chi connectivity index (χ1v) is 11.8. The minimum absolute atomic E-state index is 0.0653. The van der Waals surface area contributed by atoms with Crippen LogP contribution in [0.5, 0.6) is 0 Å². The molecule has 4 heterocycles. The molecule has 1 amide bonds. The van der Waals surface area contributed by atoms with E-state index in [2.05, 4.69) is 14.9 Å². The predicted molar refractivity (Wildman–Crippen MR) is 119 cm³/mol. The zero-order valence-corrected chi connectivity index (χ0v) is 18.8. The largest absolute Gasteiger partial charge is 0.338 e. The quantitative estimate of drug-likeness (QED) is 0.748. The molecule has 166 valence electrons. The second-order valence-electron chi connectivity index (χ2n) is 9.03. The highest BCUT2D eigenvalue weighted by Crippen LogP contribution is 2.26. The van der Waals surface area contributed by atoms with Crippen molar-refractivity contribution < 1.29 is 4.79 Å². The topological polar surface area (TPSA) is 70.4 Å². The van der Waals surface area contributed by atoms with Crippen LogP contribution in [0.2, 0.25) is 0 Å². The average molecular weight is 424 g/mol. The van der Waals surface area contributed by atoms with Crippen molar-refractivity contribution in [1.29, 1.82) is 0 Å². The number of aryl methyl sites for hydroxylation is 2. The summed E-state index contributed by atoms with van der Waals surface area (Å²) in [5.74, 6) is 0.919. The minimum Gasteiger partial charge on any atom is -0.338 e. The molecule has 1 aliphatic carbocycles. The van der Waals surface area contributed by atoms with Crippen LogP contribution in [0.1, 0.15) is 53.6 Å². The van der Waals surface area contributed by atoms with E-state index >= 15 is 0 Å². The molecule has 0 aromatic carbocycles. The van der Waals surface area contributed by atoms with Gasteiger partial charge in [-0.15, -0.1) is 0 Å². The van der Waals surface area contributed by atoms with Gasteiger partial charge in [-0.1, -0.05) is 6.42 Å². The molecule has 8 nitrogen and oxygen atoms in total. The normalized spacial score (nSPS) is 20.3. The van der Waals surface area contributed by atoms with Gasteiger partial charge in [-0.25, -0.2) is 9.97 Å². The molecule has 1 saturated carbocycles. The van der Waals surface area contributed by atoms with E-state index < -0.39 is 0 Å². The van der Waals surface area contributed by atoms with E-state index in [0.29, 0.717) is 25.3 Å². The lowest BCUT2D eigenvalue weighted by Crippen LogP contribution is -2.52. The Morgan fingerprint density at radius 1 is 1.10 bits per heavy atom. The first kappa shape index (κ1) is 20.4. The number of hydrogen-bond acceptors (Lipinski definition) is 6. The van der Waals surface area contributed by atoms with Crippen molar-refractivity contribution in [2.75, 3.05) is 44.2 Å². The zero-order valence-electron chi connectivity index (χ0n) is 18.8. The summed E-state index contributed by atoms with van der Waals surface area (Å²) in [4.78, 5) is 29.7. The van der Waals surface area contributed by atoms with Gasteiger partial charge in [0.1, 0.15) is 5.69 Å². The Labute approximate surface area is 184 Å². The van der Waals surface area contributed by atoms with E-state index in [1.54, 1.807) is 4.68 Å². The van der Waals surface area contributed by atoms with Crippen molar-refractivity contribution in [3.8, 4) is 0 Å². The SMILES string of the molecule is CCn1nc(C)cc1C(=O)N1CCc2cnc(N3CCN(C4CCC4)CC3)nc2CC1. The third-order valence-electron chi connectivity index (χ3n) is 7.11. The molecule has 2 aliphatic heterocycles. The fourth-order valence-corrected chi connectivity index (χ4v) is 4.98. The first-order chi connectivity index (χ1) is 15.1. The highest BCUT2D eigenvalue weighted by atomic mass is 16.2. The van der Waals surface area contributed by atoms with Crippen LogP contribution in [0.4, 0.5) is 5.95 Å². The van der Waals surface area contributed by atoms with Crippen molar-refractivity contribution in [3.63, 3.8) is 0 Å². The number of anilines is 1.